The number of nitrogens with one attached hydrogen (secondary N) is 1. The van der Waals surface area contributed by atoms with Gasteiger partial charge < -0.3 is 10.1 Å². The zero-order chi connectivity index (χ0) is 11.2. The first-order valence-corrected chi connectivity index (χ1v) is 6.81. The zero-order valence-electron chi connectivity index (χ0n) is 9.74. The Morgan fingerprint density at radius 2 is 2.31 bits per heavy atom. The Bertz CT molecular complexity index is 325. The lowest BCUT2D eigenvalue weighted by atomic mass is 10.2. The number of benzene rings is 1. The van der Waals surface area contributed by atoms with Crippen LogP contribution in [0, 0.1) is 5.92 Å². The fourth-order valence-electron chi connectivity index (χ4n) is 1.56. The first-order chi connectivity index (χ1) is 7.88. The SMILES string of the molecule is CNCc1cccc(SCOCC2CC2)c1. The Balaban J connectivity index is 1.71. The van der Waals surface area contributed by atoms with Crippen molar-refractivity contribution in [3.8, 4) is 0 Å². The molecule has 2 rings (SSSR count). The second-order valence-corrected chi connectivity index (χ2v) is 5.25. The van der Waals surface area contributed by atoms with Crippen molar-refractivity contribution in [2.45, 2.75) is 24.3 Å². The molecule has 1 aliphatic carbocycles. The molecule has 0 heterocycles. The Labute approximate surface area is 102 Å². The standard InChI is InChI=1S/C13H19NOS/c1-14-8-12-3-2-4-13(7-12)16-10-15-9-11-5-6-11/h2-4,7,11,14H,5-6,8-10H2,1H3. The van der Waals surface area contributed by atoms with E-state index in [9.17, 15) is 0 Å². The summed E-state index contributed by atoms with van der Waals surface area (Å²) < 4.78 is 5.61. The van der Waals surface area contributed by atoms with E-state index in [0.717, 1.165) is 25.0 Å². The largest absolute Gasteiger partial charge is 0.370 e. The van der Waals surface area contributed by atoms with Gasteiger partial charge >= 0.3 is 0 Å². The van der Waals surface area contributed by atoms with Gasteiger partial charge in [0.15, 0.2) is 0 Å². The summed E-state index contributed by atoms with van der Waals surface area (Å²) in [7, 11) is 1.97. The van der Waals surface area contributed by atoms with Crippen LogP contribution in [0.4, 0.5) is 0 Å². The quantitative estimate of drug-likeness (QED) is 0.447. The van der Waals surface area contributed by atoms with Crippen LogP contribution in [0.1, 0.15) is 18.4 Å². The number of rotatable bonds is 7. The highest BCUT2D eigenvalue weighted by atomic mass is 32.2. The molecule has 0 bridgehead atoms. The van der Waals surface area contributed by atoms with Gasteiger partial charge in [-0.2, -0.15) is 0 Å². The van der Waals surface area contributed by atoms with E-state index in [2.05, 4.69) is 29.6 Å². The van der Waals surface area contributed by atoms with E-state index in [4.69, 9.17) is 4.74 Å². The molecule has 0 spiro atoms. The van der Waals surface area contributed by atoms with Crippen LogP contribution >= 0.6 is 11.8 Å². The molecule has 0 radical (unpaired) electrons. The normalized spacial score (nSPS) is 15.3. The second kappa shape index (κ2) is 6.28. The lowest BCUT2D eigenvalue weighted by Gasteiger charge is -2.05. The minimum Gasteiger partial charge on any atom is -0.370 e. The van der Waals surface area contributed by atoms with E-state index in [0.29, 0.717) is 0 Å². The van der Waals surface area contributed by atoms with Crippen LogP contribution < -0.4 is 5.32 Å². The van der Waals surface area contributed by atoms with E-state index in [-0.39, 0.29) is 0 Å². The van der Waals surface area contributed by atoms with Gasteiger partial charge in [-0.25, -0.2) is 0 Å². The van der Waals surface area contributed by atoms with Crippen molar-refractivity contribution in [3.63, 3.8) is 0 Å². The molecule has 88 valence electrons. The van der Waals surface area contributed by atoms with Crippen LogP contribution in [-0.4, -0.2) is 19.6 Å². The molecule has 1 aromatic carbocycles. The average molecular weight is 237 g/mol. The average Bonchev–Trinajstić information content (AvgIpc) is 3.09. The van der Waals surface area contributed by atoms with Crippen LogP contribution in [0.25, 0.3) is 0 Å². The molecule has 3 heteroatoms. The van der Waals surface area contributed by atoms with Crippen molar-refractivity contribution in [2.75, 3.05) is 19.6 Å². The third kappa shape index (κ3) is 4.16. The minimum atomic E-state index is 0.777. The predicted molar refractivity (Wildman–Crippen MR) is 68.6 cm³/mol. The minimum absolute atomic E-state index is 0.777. The molecular formula is C13H19NOS. The fourth-order valence-corrected chi connectivity index (χ4v) is 2.28. The highest BCUT2D eigenvalue weighted by Gasteiger charge is 2.20. The van der Waals surface area contributed by atoms with Crippen molar-refractivity contribution < 1.29 is 4.74 Å². The smallest absolute Gasteiger partial charge is 0.0967 e. The first-order valence-electron chi connectivity index (χ1n) is 5.82. The maximum absolute atomic E-state index is 5.61. The number of hydrogen-bond donors (Lipinski definition) is 1. The molecule has 1 aliphatic rings. The summed E-state index contributed by atoms with van der Waals surface area (Å²) in [4.78, 5) is 1.29. The topological polar surface area (TPSA) is 21.3 Å². The summed E-state index contributed by atoms with van der Waals surface area (Å²) >= 11 is 1.78. The van der Waals surface area contributed by atoms with Crippen LogP contribution in [-0.2, 0) is 11.3 Å². The molecular weight excluding hydrogens is 218 g/mol. The van der Waals surface area contributed by atoms with Gasteiger partial charge in [-0.1, -0.05) is 23.9 Å². The van der Waals surface area contributed by atoms with E-state index < -0.39 is 0 Å². The van der Waals surface area contributed by atoms with Crippen LogP contribution in [0.2, 0.25) is 0 Å². The van der Waals surface area contributed by atoms with Gasteiger partial charge in [-0.05, 0) is 43.5 Å². The molecule has 1 saturated carbocycles. The van der Waals surface area contributed by atoms with Crippen molar-refractivity contribution in [2.24, 2.45) is 5.92 Å². The van der Waals surface area contributed by atoms with E-state index >= 15 is 0 Å². The van der Waals surface area contributed by atoms with Crippen molar-refractivity contribution in [1.29, 1.82) is 0 Å². The molecule has 0 saturated heterocycles. The molecule has 16 heavy (non-hydrogen) atoms. The Morgan fingerprint density at radius 1 is 1.44 bits per heavy atom. The monoisotopic (exact) mass is 237 g/mol. The number of thioether (sulfide) groups is 1. The highest BCUT2D eigenvalue weighted by Crippen LogP contribution is 2.29. The molecule has 0 amide bonds. The third-order valence-corrected chi connectivity index (χ3v) is 3.51. The third-order valence-electron chi connectivity index (χ3n) is 2.64. The Morgan fingerprint density at radius 3 is 3.06 bits per heavy atom. The van der Waals surface area contributed by atoms with Gasteiger partial charge in [0.1, 0.15) is 0 Å². The molecule has 0 aliphatic heterocycles. The number of hydrogen-bond acceptors (Lipinski definition) is 3. The molecule has 0 atom stereocenters. The molecule has 0 unspecified atom stereocenters. The molecule has 1 aromatic rings. The maximum atomic E-state index is 5.61. The summed E-state index contributed by atoms with van der Waals surface area (Å²) in [5.41, 5.74) is 1.33. The van der Waals surface area contributed by atoms with Gasteiger partial charge in [-0.3, -0.25) is 0 Å². The van der Waals surface area contributed by atoms with Gasteiger partial charge in [-0.15, -0.1) is 0 Å². The zero-order valence-corrected chi connectivity index (χ0v) is 10.6. The second-order valence-electron chi connectivity index (χ2n) is 4.25. The summed E-state index contributed by atoms with van der Waals surface area (Å²) in [5.74, 6) is 1.63. The van der Waals surface area contributed by atoms with E-state index in [1.54, 1.807) is 11.8 Å². The highest BCUT2D eigenvalue weighted by molar-refractivity contribution is 7.99. The van der Waals surface area contributed by atoms with Crippen LogP contribution in [0.5, 0.6) is 0 Å². The molecule has 1 fully saturated rings. The number of ether oxygens (including phenoxy) is 1. The summed E-state index contributed by atoms with van der Waals surface area (Å²) in [6.07, 6.45) is 2.73. The van der Waals surface area contributed by atoms with Gasteiger partial charge in [0.2, 0.25) is 0 Å². The summed E-state index contributed by atoms with van der Waals surface area (Å²) in [5, 5.41) is 3.16. The lowest BCUT2D eigenvalue weighted by molar-refractivity contribution is 0.171. The van der Waals surface area contributed by atoms with Crippen molar-refractivity contribution in [1.82, 2.24) is 5.32 Å². The van der Waals surface area contributed by atoms with Gasteiger partial charge in [0, 0.05) is 11.4 Å². The Kier molecular flexibility index (Phi) is 4.69. The molecule has 0 aromatic heterocycles. The first kappa shape index (κ1) is 12.0. The van der Waals surface area contributed by atoms with Crippen molar-refractivity contribution in [3.05, 3.63) is 29.8 Å². The van der Waals surface area contributed by atoms with Crippen LogP contribution in [0.15, 0.2) is 29.2 Å². The maximum Gasteiger partial charge on any atom is 0.0967 e. The van der Waals surface area contributed by atoms with Crippen molar-refractivity contribution >= 4 is 11.8 Å². The lowest BCUT2D eigenvalue weighted by Crippen LogP contribution is -2.04. The van der Waals surface area contributed by atoms with E-state index in [1.807, 2.05) is 7.05 Å². The van der Waals surface area contributed by atoms with Crippen LogP contribution in [0.3, 0.4) is 0 Å². The van der Waals surface area contributed by atoms with Gasteiger partial charge in [0.05, 0.1) is 12.5 Å². The summed E-state index contributed by atoms with van der Waals surface area (Å²) in [6, 6.07) is 8.62. The van der Waals surface area contributed by atoms with E-state index in [1.165, 1.54) is 23.3 Å². The predicted octanol–water partition coefficient (Wildman–Crippen LogP) is 2.88. The fraction of sp³-hybridized carbons (Fsp3) is 0.538. The molecule has 1 N–H and O–H groups in total. The summed E-state index contributed by atoms with van der Waals surface area (Å²) in [6.45, 7) is 1.88. The van der Waals surface area contributed by atoms with Gasteiger partial charge in [0.25, 0.3) is 0 Å². The molecule has 2 nitrogen and oxygen atoms in total. The Hall–Kier alpha value is -0.510.